The number of benzene rings is 1. The summed E-state index contributed by atoms with van der Waals surface area (Å²) in [5.41, 5.74) is 6.91. The van der Waals surface area contributed by atoms with Crippen LogP contribution in [0.2, 0.25) is 0 Å². The largest absolute Gasteiger partial charge is 0.473 e. The fourth-order valence-corrected chi connectivity index (χ4v) is 3.01. The van der Waals surface area contributed by atoms with E-state index < -0.39 is 0 Å². The molecule has 0 spiro atoms. The normalized spacial score (nSPS) is 19.6. The van der Waals surface area contributed by atoms with E-state index in [1.54, 1.807) is 17.0 Å². The van der Waals surface area contributed by atoms with Gasteiger partial charge in [-0.2, -0.15) is 0 Å². The minimum absolute atomic E-state index is 0.0721. The second-order valence-corrected chi connectivity index (χ2v) is 6.36. The van der Waals surface area contributed by atoms with Crippen LogP contribution in [-0.4, -0.2) is 34.8 Å². The summed E-state index contributed by atoms with van der Waals surface area (Å²) in [6.07, 6.45) is 1.50. The number of hydrogen-bond acceptors (Lipinski definition) is 4. The summed E-state index contributed by atoms with van der Waals surface area (Å²) in [5, 5.41) is 0. The van der Waals surface area contributed by atoms with Crippen molar-refractivity contribution in [2.45, 2.75) is 13.5 Å². The summed E-state index contributed by atoms with van der Waals surface area (Å²) >= 11 is 0. The maximum atomic E-state index is 12.5. The third kappa shape index (κ3) is 3.96. The SMILES string of the molecule is C[C@@H]1CN(C(=O)c2ccc(OCc3ccccc3)nc2)C[C@H]1C(N)=O. The first-order valence-electron chi connectivity index (χ1n) is 8.26. The number of nitrogens with two attached hydrogens (primary N) is 1. The minimum atomic E-state index is -0.356. The van der Waals surface area contributed by atoms with E-state index in [1.165, 1.54) is 6.20 Å². The summed E-state index contributed by atoms with van der Waals surface area (Å²) in [6.45, 7) is 3.24. The lowest BCUT2D eigenvalue weighted by Gasteiger charge is -2.16. The highest BCUT2D eigenvalue weighted by atomic mass is 16.5. The Hall–Kier alpha value is -2.89. The molecule has 2 amide bonds. The molecule has 1 aromatic heterocycles. The zero-order valence-corrected chi connectivity index (χ0v) is 14.1. The molecule has 1 aliphatic heterocycles. The van der Waals surface area contributed by atoms with Crippen molar-refractivity contribution in [3.63, 3.8) is 0 Å². The number of aromatic nitrogens is 1. The Bertz CT molecular complexity index is 746. The van der Waals surface area contributed by atoms with Crippen LogP contribution in [0.4, 0.5) is 0 Å². The molecule has 0 aliphatic carbocycles. The number of ether oxygens (including phenoxy) is 1. The van der Waals surface area contributed by atoms with Crippen molar-refractivity contribution in [1.29, 1.82) is 0 Å². The first-order valence-corrected chi connectivity index (χ1v) is 8.26. The molecule has 2 atom stereocenters. The highest BCUT2D eigenvalue weighted by Gasteiger charge is 2.36. The molecule has 0 unspecified atom stereocenters. The van der Waals surface area contributed by atoms with Crippen molar-refractivity contribution in [3.8, 4) is 5.88 Å². The van der Waals surface area contributed by atoms with E-state index in [1.807, 2.05) is 37.3 Å². The zero-order valence-electron chi connectivity index (χ0n) is 14.1. The van der Waals surface area contributed by atoms with Gasteiger partial charge in [-0.3, -0.25) is 9.59 Å². The van der Waals surface area contributed by atoms with E-state index >= 15 is 0 Å². The summed E-state index contributed by atoms with van der Waals surface area (Å²) in [4.78, 5) is 29.8. The van der Waals surface area contributed by atoms with Gasteiger partial charge in [0.2, 0.25) is 11.8 Å². The molecule has 25 heavy (non-hydrogen) atoms. The zero-order chi connectivity index (χ0) is 17.8. The number of carbonyl (C=O) groups excluding carboxylic acids is 2. The van der Waals surface area contributed by atoms with Gasteiger partial charge in [0.25, 0.3) is 5.91 Å². The van der Waals surface area contributed by atoms with Gasteiger partial charge in [0.05, 0.1) is 11.5 Å². The lowest BCUT2D eigenvalue weighted by atomic mass is 9.98. The molecule has 1 aliphatic rings. The van der Waals surface area contributed by atoms with Gasteiger partial charge in [0, 0.05) is 25.4 Å². The highest BCUT2D eigenvalue weighted by molar-refractivity contribution is 5.94. The first kappa shape index (κ1) is 17.0. The van der Waals surface area contributed by atoms with Crippen LogP contribution in [0.25, 0.3) is 0 Å². The lowest BCUT2D eigenvalue weighted by Crippen LogP contribution is -2.32. The first-order chi connectivity index (χ1) is 12.0. The van der Waals surface area contributed by atoms with E-state index in [9.17, 15) is 9.59 Å². The van der Waals surface area contributed by atoms with Crippen LogP contribution in [0.1, 0.15) is 22.8 Å². The molecular formula is C19H21N3O3. The van der Waals surface area contributed by atoms with Gasteiger partial charge in [-0.05, 0) is 17.5 Å². The van der Waals surface area contributed by atoms with Gasteiger partial charge in [-0.25, -0.2) is 4.98 Å². The standard InChI is InChI=1S/C19H21N3O3/c1-13-10-22(11-16(13)18(20)23)19(24)15-7-8-17(21-9-15)25-12-14-5-3-2-4-6-14/h2-9,13,16H,10-12H2,1H3,(H2,20,23)/t13-,16-/m1/s1. The molecule has 2 aromatic rings. The number of pyridine rings is 1. The van der Waals surface area contributed by atoms with Gasteiger partial charge < -0.3 is 15.4 Å². The Morgan fingerprint density at radius 1 is 1.20 bits per heavy atom. The van der Waals surface area contributed by atoms with Crippen LogP contribution < -0.4 is 10.5 Å². The summed E-state index contributed by atoms with van der Waals surface area (Å²) in [6, 6.07) is 13.2. The quantitative estimate of drug-likeness (QED) is 0.901. The topological polar surface area (TPSA) is 85.5 Å². The van der Waals surface area contributed by atoms with Crippen LogP contribution >= 0.6 is 0 Å². The van der Waals surface area contributed by atoms with Crippen LogP contribution in [0.5, 0.6) is 5.88 Å². The van der Waals surface area contributed by atoms with E-state index in [0.717, 1.165) is 5.56 Å². The molecule has 1 aromatic carbocycles. The smallest absolute Gasteiger partial charge is 0.255 e. The Kier molecular flexibility index (Phi) is 4.97. The molecule has 6 nitrogen and oxygen atoms in total. The average molecular weight is 339 g/mol. The summed E-state index contributed by atoms with van der Waals surface area (Å²) < 4.78 is 5.62. The van der Waals surface area contributed by atoms with Gasteiger partial charge in [-0.1, -0.05) is 37.3 Å². The monoisotopic (exact) mass is 339 g/mol. The minimum Gasteiger partial charge on any atom is -0.473 e. The van der Waals surface area contributed by atoms with Crippen molar-refractivity contribution in [1.82, 2.24) is 9.88 Å². The number of likely N-dealkylation sites (tertiary alicyclic amines) is 1. The van der Waals surface area contributed by atoms with Crippen molar-refractivity contribution < 1.29 is 14.3 Å². The van der Waals surface area contributed by atoms with Crippen molar-refractivity contribution in [2.24, 2.45) is 17.6 Å². The molecule has 1 saturated heterocycles. The van der Waals surface area contributed by atoms with E-state index in [-0.39, 0.29) is 23.7 Å². The molecule has 2 heterocycles. The Balaban J connectivity index is 1.60. The molecule has 0 saturated carbocycles. The van der Waals surface area contributed by atoms with Crippen LogP contribution in [0.3, 0.4) is 0 Å². The lowest BCUT2D eigenvalue weighted by molar-refractivity contribution is -0.122. The Labute approximate surface area is 146 Å². The average Bonchev–Trinajstić information content (AvgIpc) is 3.03. The molecule has 0 bridgehead atoms. The van der Waals surface area contributed by atoms with Crippen LogP contribution in [-0.2, 0) is 11.4 Å². The predicted molar refractivity (Wildman–Crippen MR) is 92.8 cm³/mol. The van der Waals surface area contributed by atoms with Gasteiger partial charge in [0.15, 0.2) is 0 Å². The summed E-state index contributed by atoms with van der Waals surface area (Å²) in [7, 11) is 0. The molecule has 3 rings (SSSR count). The number of amides is 2. The second-order valence-electron chi connectivity index (χ2n) is 6.36. The molecule has 0 radical (unpaired) electrons. The van der Waals surface area contributed by atoms with Crippen LogP contribution in [0.15, 0.2) is 48.7 Å². The fourth-order valence-electron chi connectivity index (χ4n) is 3.01. The maximum Gasteiger partial charge on any atom is 0.255 e. The molecule has 6 heteroatoms. The number of nitrogens with zero attached hydrogens (tertiary/aromatic N) is 2. The Morgan fingerprint density at radius 2 is 1.96 bits per heavy atom. The third-order valence-corrected chi connectivity index (χ3v) is 4.48. The molecular weight excluding hydrogens is 318 g/mol. The fraction of sp³-hybridized carbons (Fsp3) is 0.316. The maximum absolute atomic E-state index is 12.5. The van der Waals surface area contributed by atoms with Crippen molar-refractivity contribution >= 4 is 11.8 Å². The number of primary amides is 1. The van der Waals surface area contributed by atoms with E-state index in [0.29, 0.717) is 31.1 Å². The van der Waals surface area contributed by atoms with Crippen LogP contribution in [0, 0.1) is 11.8 Å². The molecule has 130 valence electrons. The Morgan fingerprint density at radius 3 is 2.56 bits per heavy atom. The van der Waals surface area contributed by atoms with E-state index in [4.69, 9.17) is 10.5 Å². The van der Waals surface area contributed by atoms with Crippen molar-refractivity contribution in [2.75, 3.05) is 13.1 Å². The second kappa shape index (κ2) is 7.34. The molecule has 1 fully saturated rings. The predicted octanol–water partition coefficient (Wildman–Crippen LogP) is 1.85. The third-order valence-electron chi connectivity index (χ3n) is 4.48. The van der Waals surface area contributed by atoms with Gasteiger partial charge in [-0.15, -0.1) is 0 Å². The number of hydrogen-bond donors (Lipinski definition) is 1. The van der Waals surface area contributed by atoms with Gasteiger partial charge >= 0.3 is 0 Å². The highest BCUT2D eigenvalue weighted by Crippen LogP contribution is 2.24. The summed E-state index contributed by atoms with van der Waals surface area (Å²) in [5.74, 6) is -0.248. The number of carbonyl (C=O) groups is 2. The number of rotatable bonds is 5. The molecule has 2 N–H and O–H groups in total. The van der Waals surface area contributed by atoms with Gasteiger partial charge in [0.1, 0.15) is 6.61 Å². The van der Waals surface area contributed by atoms with E-state index in [2.05, 4.69) is 4.98 Å². The van der Waals surface area contributed by atoms with Crippen molar-refractivity contribution in [3.05, 3.63) is 59.8 Å².